The van der Waals surface area contributed by atoms with Gasteiger partial charge < -0.3 is 0 Å². The van der Waals surface area contributed by atoms with Gasteiger partial charge in [0.2, 0.25) is 0 Å². The lowest BCUT2D eigenvalue weighted by atomic mass is 10.0. The van der Waals surface area contributed by atoms with Crippen molar-refractivity contribution in [3.05, 3.63) is 35.4 Å². The summed E-state index contributed by atoms with van der Waals surface area (Å²) in [6, 6.07) is 9.00. The minimum Gasteiger partial charge on any atom is -0.271 e. The van der Waals surface area contributed by atoms with E-state index in [2.05, 4.69) is 43.5 Å². The molecule has 1 aromatic rings. The summed E-state index contributed by atoms with van der Waals surface area (Å²) in [5, 5.41) is 0. The third kappa shape index (κ3) is 4.16. The van der Waals surface area contributed by atoms with Crippen molar-refractivity contribution in [3.63, 3.8) is 0 Å². The molecule has 0 heterocycles. The van der Waals surface area contributed by atoms with Crippen LogP contribution in [0.2, 0.25) is 0 Å². The summed E-state index contributed by atoms with van der Waals surface area (Å²) in [6.07, 6.45) is 2.33. The van der Waals surface area contributed by atoms with E-state index in [1.54, 1.807) is 0 Å². The predicted octanol–water partition coefficient (Wildman–Crippen LogP) is 2.90. The molecule has 1 rings (SSSR count). The molecule has 1 aromatic carbocycles. The molecule has 90 valence electrons. The van der Waals surface area contributed by atoms with E-state index in [9.17, 15) is 0 Å². The van der Waals surface area contributed by atoms with Crippen LogP contribution in [0.3, 0.4) is 0 Å². The maximum atomic E-state index is 5.61. The summed E-state index contributed by atoms with van der Waals surface area (Å²) in [7, 11) is 0. The minimum atomic E-state index is 0.266. The van der Waals surface area contributed by atoms with Crippen molar-refractivity contribution in [1.29, 1.82) is 0 Å². The van der Waals surface area contributed by atoms with Crippen LogP contribution in [-0.4, -0.2) is 11.5 Å². The quantitative estimate of drug-likeness (QED) is 0.566. The molecule has 0 saturated heterocycles. The minimum absolute atomic E-state index is 0.266. The fourth-order valence-electron chi connectivity index (χ4n) is 1.73. The molecule has 3 N–H and O–H groups in total. The molecule has 1 atom stereocenters. The highest BCUT2D eigenvalue weighted by Crippen LogP contribution is 2.19. The van der Waals surface area contributed by atoms with Gasteiger partial charge in [-0.15, -0.1) is 0 Å². The standard InChI is InChI=1S/C13H22N2S/c1-3-6-11-7-5-8-12(9-11)13(15-14)10-16-4-2/h5,7-9,13,15H,3-4,6,10,14H2,1-2H3. The molecule has 0 aliphatic rings. The van der Waals surface area contributed by atoms with E-state index in [4.69, 9.17) is 5.84 Å². The van der Waals surface area contributed by atoms with Gasteiger partial charge >= 0.3 is 0 Å². The average molecular weight is 238 g/mol. The zero-order valence-corrected chi connectivity index (χ0v) is 11.0. The highest BCUT2D eigenvalue weighted by molar-refractivity contribution is 7.99. The third-order valence-electron chi connectivity index (χ3n) is 2.58. The Hall–Kier alpha value is -0.510. The van der Waals surface area contributed by atoms with Gasteiger partial charge in [-0.05, 0) is 23.3 Å². The molecule has 0 radical (unpaired) electrons. The zero-order chi connectivity index (χ0) is 11.8. The number of nitrogens with one attached hydrogen (secondary N) is 1. The number of hydrogen-bond donors (Lipinski definition) is 2. The molecule has 0 aliphatic carbocycles. The summed E-state index contributed by atoms with van der Waals surface area (Å²) in [5.74, 6) is 7.77. The second-order valence-corrected chi connectivity index (χ2v) is 5.19. The van der Waals surface area contributed by atoms with Crippen LogP contribution in [0.1, 0.15) is 37.4 Å². The average Bonchev–Trinajstić information content (AvgIpc) is 2.31. The van der Waals surface area contributed by atoms with Crippen molar-refractivity contribution in [2.45, 2.75) is 32.7 Å². The molecule has 2 nitrogen and oxygen atoms in total. The Morgan fingerprint density at radius 3 is 2.81 bits per heavy atom. The van der Waals surface area contributed by atoms with Crippen molar-refractivity contribution < 1.29 is 0 Å². The Balaban J connectivity index is 2.71. The molecule has 16 heavy (non-hydrogen) atoms. The molecule has 3 heteroatoms. The normalized spacial score (nSPS) is 12.7. The van der Waals surface area contributed by atoms with Crippen LogP contribution in [0.4, 0.5) is 0 Å². The van der Waals surface area contributed by atoms with E-state index >= 15 is 0 Å². The Kier molecular flexibility index (Phi) is 6.53. The van der Waals surface area contributed by atoms with Gasteiger partial charge in [-0.2, -0.15) is 11.8 Å². The molecule has 0 fully saturated rings. The van der Waals surface area contributed by atoms with Gasteiger partial charge in [0, 0.05) is 5.75 Å². The second-order valence-electron chi connectivity index (χ2n) is 3.87. The number of benzene rings is 1. The van der Waals surface area contributed by atoms with Crippen LogP contribution in [0.5, 0.6) is 0 Å². The molecule has 1 unspecified atom stereocenters. The number of aryl methyl sites for hydroxylation is 1. The summed E-state index contributed by atoms with van der Waals surface area (Å²) in [6.45, 7) is 4.38. The predicted molar refractivity (Wildman–Crippen MR) is 73.5 cm³/mol. The van der Waals surface area contributed by atoms with Crippen molar-refractivity contribution in [2.24, 2.45) is 5.84 Å². The van der Waals surface area contributed by atoms with Gasteiger partial charge in [0.05, 0.1) is 6.04 Å². The number of rotatable bonds is 7. The molecular weight excluding hydrogens is 216 g/mol. The first-order valence-electron chi connectivity index (χ1n) is 5.94. The van der Waals surface area contributed by atoms with Crippen molar-refractivity contribution in [3.8, 4) is 0 Å². The van der Waals surface area contributed by atoms with E-state index < -0.39 is 0 Å². The van der Waals surface area contributed by atoms with Crippen molar-refractivity contribution in [1.82, 2.24) is 5.43 Å². The lowest BCUT2D eigenvalue weighted by Gasteiger charge is -2.16. The summed E-state index contributed by atoms with van der Waals surface area (Å²) < 4.78 is 0. The van der Waals surface area contributed by atoms with E-state index in [0.717, 1.165) is 17.9 Å². The summed E-state index contributed by atoms with van der Waals surface area (Å²) in [5.41, 5.74) is 5.61. The highest BCUT2D eigenvalue weighted by atomic mass is 32.2. The smallest absolute Gasteiger partial charge is 0.0550 e. The number of hydrogen-bond acceptors (Lipinski definition) is 3. The molecule has 0 aromatic heterocycles. The summed E-state index contributed by atoms with van der Waals surface area (Å²) >= 11 is 1.91. The Morgan fingerprint density at radius 2 is 2.19 bits per heavy atom. The van der Waals surface area contributed by atoms with Gasteiger partial charge in [0.1, 0.15) is 0 Å². The van der Waals surface area contributed by atoms with Crippen LogP contribution < -0.4 is 11.3 Å². The van der Waals surface area contributed by atoms with Gasteiger partial charge in [-0.25, -0.2) is 0 Å². The molecular formula is C13H22N2S. The van der Waals surface area contributed by atoms with E-state index in [0.29, 0.717) is 0 Å². The van der Waals surface area contributed by atoms with E-state index in [1.807, 2.05) is 11.8 Å². The van der Waals surface area contributed by atoms with Crippen molar-refractivity contribution >= 4 is 11.8 Å². The topological polar surface area (TPSA) is 38.0 Å². The Bertz CT molecular complexity index is 302. The molecule has 0 amide bonds. The van der Waals surface area contributed by atoms with Crippen LogP contribution in [-0.2, 0) is 6.42 Å². The lowest BCUT2D eigenvalue weighted by molar-refractivity contribution is 0.610. The molecule has 0 aliphatic heterocycles. The van der Waals surface area contributed by atoms with Crippen LogP contribution in [0.15, 0.2) is 24.3 Å². The number of hydrazine groups is 1. The lowest BCUT2D eigenvalue weighted by Crippen LogP contribution is -2.29. The molecule has 0 bridgehead atoms. The Labute approximate surface area is 103 Å². The largest absolute Gasteiger partial charge is 0.271 e. The maximum Gasteiger partial charge on any atom is 0.0550 e. The van der Waals surface area contributed by atoms with Gasteiger partial charge in [0.25, 0.3) is 0 Å². The van der Waals surface area contributed by atoms with Crippen LogP contribution >= 0.6 is 11.8 Å². The van der Waals surface area contributed by atoms with E-state index in [-0.39, 0.29) is 6.04 Å². The van der Waals surface area contributed by atoms with Gasteiger partial charge in [-0.1, -0.05) is 44.5 Å². The molecule has 0 saturated carbocycles. The maximum absolute atomic E-state index is 5.61. The van der Waals surface area contributed by atoms with Gasteiger partial charge in [-0.3, -0.25) is 11.3 Å². The Morgan fingerprint density at radius 1 is 1.38 bits per heavy atom. The fourth-order valence-corrected chi connectivity index (χ4v) is 2.49. The zero-order valence-electron chi connectivity index (χ0n) is 10.2. The first-order chi connectivity index (χ1) is 7.81. The first-order valence-corrected chi connectivity index (χ1v) is 7.10. The van der Waals surface area contributed by atoms with Crippen LogP contribution in [0.25, 0.3) is 0 Å². The summed E-state index contributed by atoms with van der Waals surface area (Å²) in [4.78, 5) is 0. The number of thioether (sulfide) groups is 1. The number of nitrogens with two attached hydrogens (primary N) is 1. The first kappa shape index (κ1) is 13.6. The van der Waals surface area contributed by atoms with Crippen molar-refractivity contribution in [2.75, 3.05) is 11.5 Å². The monoisotopic (exact) mass is 238 g/mol. The fraction of sp³-hybridized carbons (Fsp3) is 0.538. The highest BCUT2D eigenvalue weighted by Gasteiger charge is 2.09. The van der Waals surface area contributed by atoms with E-state index in [1.165, 1.54) is 17.5 Å². The second kappa shape index (κ2) is 7.71. The molecule has 0 spiro atoms. The SMILES string of the molecule is CCCc1cccc(C(CSCC)NN)c1. The van der Waals surface area contributed by atoms with Gasteiger partial charge in [0.15, 0.2) is 0 Å². The third-order valence-corrected chi connectivity index (χ3v) is 3.56. The van der Waals surface area contributed by atoms with Crippen LogP contribution in [0, 0.1) is 0 Å².